The minimum Gasteiger partial charge on any atom is -0.486 e. The SMILES string of the molecule is C[C@H](N=C(COc1cccc(F)c1)N(C)[C@@H](C)c1cccc(F)c1)C1C=CC=C(F)C1. The van der Waals surface area contributed by atoms with Crippen molar-refractivity contribution in [2.24, 2.45) is 10.9 Å². The summed E-state index contributed by atoms with van der Waals surface area (Å²) in [5.41, 5.74) is 0.792. The molecule has 0 heterocycles. The molecule has 1 aliphatic carbocycles. The molecule has 0 fully saturated rings. The molecule has 0 radical (unpaired) electrons. The van der Waals surface area contributed by atoms with Gasteiger partial charge in [0, 0.05) is 25.5 Å². The summed E-state index contributed by atoms with van der Waals surface area (Å²) in [5.74, 6) is 0.0480. The highest BCUT2D eigenvalue weighted by Crippen LogP contribution is 2.26. The fraction of sp³-hybridized carbons (Fsp3) is 0.320. The van der Waals surface area contributed by atoms with Gasteiger partial charge < -0.3 is 9.64 Å². The number of halogens is 3. The van der Waals surface area contributed by atoms with E-state index in [1.807, 2.05) is 37.9 Å². The van der Waals surface area contributed by atoms with Gasteiger partial charge in [-0.15, -0.1) is 0 Å². The van der Waals surface area contributed by atoms with Gasteiger partial charge in [0.05, 0.1) is 12.1 Å². The molecular formula is C25H27F3N2O. The van der Waals surface area contributed by atoms with Crippen molar-refractivity contribution in [1.82, 2.24) is 4.90 Å². The van der Waals surface area contributed by atoms with Gasteiger partial charge >= 0.3 is 0 Å². The molecule has 1 unspecified atom stereocenters. The first kappa shape index (κ1) is 22.7. The minimum atomic E-state index is -0.388. The topological polar surface area (TPSA) is 24.8 Å². The summed E-state index contributed by atoms with van der Waals surface area (Å²) in [4.78, 5) is 6.73. The number of likely N-dealkylation sites (N-methyl/N-ethyl adjacent to an activating group) is 1. The number of rotatable bonds is 7. The number of hydrogen-bond acceptors (Lipinski definition) is 2. The van der Waals surface area contributed by atoms with Crippen molar-refractivity contribution in [2.45, 2.75) is 32.4 Å². The van der Waals surface area contributed by atoms with Gasteiger partial charge in [0.2, 0.25) is 0 Å². The maximum absolute atomic E-state index is 13.7. The zero-order valence-corrected chi connectivity index (χ0v) is 17.9. The lowest BCUT2D eigenvalue weighted by Gasteiger charge is -2.30. The van der Waals surface area contributed by atoms with E-state index in [9.17, 15) is 13.2 Å². The largest absolute Gasteiger partial charge is 0.486 e. The van der Waals surface area contributed by atoms with Gasteiger partial charge in [-0.25, -0.2) is 13.2 Å². The predicted molar refractivity (Wildman–Crippen MR) is 118 cm³/mol. The first-order chi connectivity index (χ1) is 14.8. The van der Waals surface area contributed by atoms with Crippen LogP contribution in [0, 0.1) is 17.6 Å². The Balaban J connectivity index is 1.83. The highest BCUT2D eigenvalue weighted by molar-refractivity contribution is 5.84. The van der Waals surface area contributed by atoms with Crippen molar-refractivity contribution in [3.8, 4) is 5.75 Å². The molecular weight excluding hydrogens is 401 g/mol. The van der Waals surface area contributed by atoms with Gasteiger partial charge in [-0.3, -0.25) is 4.99 Å². The Hall–Kier alpha value is -3.02. The summed E-state index contributed by atoms with van der Waals surface area (Å²) in [7, 11) is 1.85. The highest BCUT2D eigenvalue weighted by atomic mass is 19.1. The zero-order valence-electron chi connectivity index (χ0n) is 17.9. The predicted octanol–water partition coefficient (Wildman–Crippen LogP) is 6.25. The average Bonchev–Trinajstić information content (AvgIpc) is 2.75. The highest BCUT2D eigenvalue weighted by Gasteiger charge is 2.22. The summed E-state index contributed by atoms with van der Waals surface area (Å²) in [5, 5.41) is 0. The van der Waals surface area contributed by atoms with Crippen LogP contribution in [-0.4, -0.2) is 30.4 Å². The quantitative estimate of drug-likeness (QED) is 0.384. The van der Waals surface area contributed by atoms with Crippen molar-refractivity contribution >= 4 is 5.84 Å². The van der Waals surface area contributed by atoms with Crippen LogP contribution in [0.4, 0.5) is 13.2 Å². The summed E-state index contributed by atoms with van der Waals surface area (Å²) in [6.45, 7) is 3.97. The molecule has 2 aromatic carbocycles. The molecule has 0 N–H and O–H groups in total. The van der Waals surface area contributed by atoms with Crippen LogP contribution in [-0.2, 0) is 0 Å². The number of hydrogen-bond donors (Lipinski definition) is 0. The molecule has 0 bridgehead atoms. The molecule has 3 nitrogen and oxygen atoms in total. The standard InChI is InChI=1S/C25H27F3N2O/c1-17(19-7-4-9-21(26)13-19)29-25(16-31-24-12-6-11-23(28)15-24)30(3)18(2)20-8-5-10-22(27)14-20/h4-12,14-15,17-19H,13,16H2,1-3H3/t17-,18-,19?/m0/s1. The second-order valence-electron chi connectivity index (χ2n) is 7.74. The van der Waals surface area contributed by atoms with E-state index in [0.29, 0.717) is 18.0 Å². The summed E-state index contributed by atoms with van der Waals surface area (Å²) in [6, 6.07) is 11.9. The number of aliphatic imine (C=N–C) groups is 1. The van der Waals surface area contributed by atoms with Crippen LogP contribution in [0.5, 0.6) is 5.75 Å². The first-order valence-electron chi connectivity index (χ1n) is 10.3. The van der Waals surface area contributed by atoms with E-state index in [1.54, 1.807) is 24.3 Å². The summed E-state index contributed by atoms with van der Waals surface area (Å²) in [6.07, 6.45) is 5.40. The molecule has 0 amide bonds. The van der Waals surface area contributed by atoms with Gasteiger partial charge in [-0.1, -0.05) is 30.4 Å². The van der Waals surface area contributed by atoms with Crippen LogP contribution >= 0.6 is 0 Å². The van der Waals surface area contributed by atoms with E-state index in [0.717, 1.165) is 5.56 Å². The lowest BCUT2D eigenvalue weighted by Crippen LogP contribution is -2.35. The van der Waals surface area contributed by atoms with E-state index in [1.165, 1.54) is 30.3 Å². The first-order valence-corrected chi connectivity index (χ1v) is 10.3. The summed E-state index contributed by atoms with van der Waals surface area (Å²) >= 11 is 0. The molecule has 0 aliphatic heterocycles. The molecule has 3 rings (SSSR count). The molecule has 6 heteroatoms. The van der Waals surface area contributed by atoms with Crippen molar-refractivity contribution in [1.29, 1.82) is 0 Å². The van der Waals surface area contributed by atoms with Crippen molar-refractivity contribution in [3.05, 3.63) is 89.8 Å². The number of nitrogens with zero attached hydrogens (tertiary/aromatic N) is 2. The van der Waals surface area contributed by atoms with Crippen molar-refractivity contribution in [2.75, 3.05) is 13.7 Å². The lowest BCUT2D eigenvalue weighted by atomic mass is 9.93. The third kappa shape index (κ3) is 6.23. The molecule has 3 atom stereocenters. The Morgan fingerprint density at radius 1 is 1.10 bits per heavy atom. The van der Waals surface area contributed by atoms with E-state index in [4.69, 9.17) is 9.73 Å². The molecule has 0 aromatic heterocycles. The van der Waals surface area contributed by atoms with Gasteiger partial charge in [0.15, 0.2) is 0 Å². The van der Waals surface area contributed by atoms with Crippen LogP contribution in [0.2, 0.25) is 0 Å². The molecule has 0 spiro atoms. The normalized spacial score (nSPS) is 18.3. The number of ether oxygens (including phenoxy) is 1. The van der Waals surface area contributed by atoms with E-state index >= 15 is 0 Å². The second-order valence-corrected chi connectivity index (χ2v) is 7.74. The smallest absolute Gasteiger partial charge is 0.145 e. The molecule has 1 aliphatic rings. The third-order valence-electron chi connectivity index (χ3n) is 5.52. The Labute approximate surface area is 181 Å². The second kappa shape index (κ2) is 10.3. The monoisotopic (exact) mass is 428 g/mol. The maximum Gasteiger partial charge on any atom is 0.145 e. The number of amidine groups is 1. The molecule has 0 saturated carbocycles. The molecule has 164 valence electrons. The van der Waals surface area contributed by atoms with Crippen LogP contribution < -0.4 is 4.74 Å². The van der Waals surface area contributed by atoms with Gasteiger partial charge in [-0.2, -0.15) is 0 Å². The van der Waals surface area contributed by atoms with Crippen LogP contribution in [0.15, 0.2) is 77.6 Å². The summed E-state index contributed by atoms with van der Waals surface area (Å²) < 4.78 is 46.8. The number of allylic oxidation sites excluding steroid dienone is 3. The Bertz CT molecular complexity index is 986. The fourth-order valence-electron chi connectivity index (χ4n) is 3.47. The van der Waals surface area contributed by atoms with Crippen LogP contribution in [0.1, 0.15) is 31.9 Å². The average molecular weight is 428 g/mol. The Morgan fingerprint density at radius 3 is 2.48 bits per heavy atom. The third-order valence-corrected chi connectivity index (χ3v) is 5.52. The molecule has 31 heavy (non-hydrogen) atoms. The molecule has 0 saturated heterocycles. The van der Waals surface area contributed by atoms with E-state index in [2.05, 4.69) is 0 Å². The van der Waals surface area contributed by atoms with Crippen LogP contribution in [0.3, 0.4) is 0 Å². The van der Waals surface area contributed by atoms with Gasteiger partial charge in [0.25, 0.3) is 0 Å². The lowest BCUT2D eigenvalue weighted by molar-refractivity contribution is 0.321. The fourth-order valence-corrected chi connectivity index (χ4v) is 3.47. The number of benzene rings is 2. The van der Waals surface area contributed by atoms with Gasteiger partial charge in [0.1, 0.15) is 35.7 Å². The van der Waals surface area contributed by atoms with E-state index in [-0.39, 0.29) is 42.1 Å². The zero-order chi connectivity index (χ0) is 22.4. The van der Waals surface area contributed by atoms with E-state index < -0.39 is 0 Å². The Kier molecular flexibility index (Phi) is 7.55. The van der Waals surface area contributed by atoms with Gasteiger partial charge in [-0.05, 0) is 49.8 Å². The minimum absolute atomic E-state index is 0.0768. The van der Waals surface area contributed by atoms with Crippen molar-refractivity contribution < 1.29 is 17.9 Å². The molecule has 2 aromatic rings. The van der Waals surface area contributed by atoms with Crippen LogP contribution in [0.25, 0.3) is 0 Å². The maximum atomic E-state index is 13.7. The van der Waals surface area contributed by atoms with Crippen molar-refractivity contribution in [3.63, 3.8) is 0 Å². The Morgan fingerprint density at radius 2 is 1.81 bits per heavy atom.